The zero-order valence-electron chi connectivity index (χ0n) is 14.7. The maximum atomic E-state index is 12.6. The van der Waals surface area contributed by atoms with Crippen LogP contribution < -0.4 is 0 Å². The van der Waals surface area contributed by atoms with E-state index in [4.69, 9.17) is 4.42 Å². The minimum atomic E-state index is -0.130. The third-order valence-corrected chi connectivity index (χ3v) is 4.73. The van der Waals surface area contributed by atoms with Gasteiger partial charge in [0.25, 0.3) is 11.8 Å². The van der Waals surface area contributed by atoms with Crippen molar-refractivity contribution < 1.29 is 14.0 Å². The number of piperazine rings is 1. The first-order chi connectivity index (χ1) is 12.1. The van der Waals surface area contributed by atoms with Crippen LogP contribution in [-0.4, -0.2) is 57.6 Å². The average molecular weight is 344 g/mol. The Morgan fingerprint density at radius 2 is 1.72 bits per heavy atom. The van der Waals surface area contributed by atoms with Crippen molar-refractivity contribution in [3.05, 3.63) is 42.1 Å². The van der Waals surface area contributed by atoms with Gasteiger partial charge in [-0.05, 0) is 31.0 Å². The lowest BCUT2D eigenvalue weighted by Gasteiger charge is -2.34. The number of carbonyl (C=O) groups excluding carboxylic acids is 2. The number of nitrogens with zero attached hydrogens (tertiary/aromatic N) is 4. The molecule has 25 heavy (non-hydrogen) atoms. The molecular formula is C18H24N4O3. The number of hydrogen-bond acceptors (Lipinski definition) is 4. The van der Waals surface area contributed by atoms with E-state index in [1.54, 1.807) is 28.0 Å². The van der Waals surface area contributed by atoms with E-state index in [9.17, 15) is 9.59 Å². The van der Waals surface area contributed by atoms with Crippen molar-refractivity contribution in [2.75, 3.05) is 26.2 Å². The van der Waals surface area contributed by atoms with E-state index in [1.807, 2.05) is 10.9 Å². The van der Waals surface area contributed by atoms with Crippen LogP contribution in [0.3, 0.4) is 0 Å². The molecule has 134 valence electrons. The quantitative estimate of drug-likeness (QED) is 0.835. The predicted octanol–water partition coefficient (Wildman–Crippen LogP) is 2.44. The van der Waals surface area contributed by atoms with Crippen molar-refractivity contribution in [1.29, 1.82) is 0 Å². The summed E-state index contributed by atoms with van der Waals surface area (Å²) in [5, 5.41) is 4.45. The topological polar surface area (TPSA) is 71.6 Å². The maximum Gasteiger partial charge on any atom is 0.289 e. The number of aromatic nitrogens is 2. The van der Waals surface area contributed by atoms with Crippen LogP contribution >= 0.6 is 0 Å². The van der Waals surface area contributed by atoms with Gasteiger partial charge in [0.2, 0.25) is 0 Å². The smallest absolute Gasteiger partial charge is 0.289 e. The highest BCUT2D eigenvalue weighted by Gasteiger charge is 2.27. The van der Waals surface area contributed by atoms with E-state index < -0.39 is 0 Å². The van der Waals surface area contributed by atoms with Crippen molar-refractivity contribution >= 4 is 11.8 Å². The van der Waals surface area contributed by atoms with Gasteiger partial charge in [0.1, 0.15) is 5.69 Å². The number of rotatable bonds is 5. The Morgan fingerprint density at radius 1 is 1.08 bits per heavy atom. The van der Waals surface area contributed by atoms with Gasteiger partial charge in [-0.3, -0.25) is 14.3 Å². The molecule has 3 heterocycles. The van der Waals surface area contributed by atoms with Crippen LogP contribution in [-0.2, 0) is 0 Å². The molecule has 0 aliphatic carbocycles. The molecule has 3 rings (SSSR count). The molecule has 0 saturated carbocycles. The minimum Gasteiger partial charge on any atom is -0.459 e. The first-order valence-corrected chi connectivity index (χ1v) is 8.81. The van der Waals surface area contributed by atoms with Crippen LogP contribution in [0.25, 0.3) is 0 Å². The van der Waals surface area contributed by atoms with E-state index in [-0.39, 0.29) is 11.8 Å². The summed E-state index contributed by atoms with van der Waals surface area (Å²) in [6.45, 7) is 6.24. The van der Waals surface area contributed by atoms with E-state index in [0.29, 0.717) is 43.7 Å². The van der Waals surface area contributed by atoms with E-state index in [2.05, 4.69) is 18.9 Å². The van der Waals surface area contributed by atoms with Crippen molar-refractivity contribution in [3.63, 3.8) is 0 Å². The standard InChI is InChI=1S/C18H24N4O3/c1-3-14(4-2)22-8-7-15(19-22)17(23)20-9-11-21(12-10-20)18(24)16-6-5-13-25-16/h5-8,13-14H,3-4,9-12H2,1-2H3. The molecular weight excluding hydrogens is 320 g/mol. The Kier molecular flexibility index (Phi) is 5.21. The van der Waals surface area contributed by atoms with E-state index in [1.165, 1.54) is 6.26 Å². The van der Waals surface area contributed by atoms with Gasteiger partial charge in [-0.15, -0.1) is 0 Å². The number of carbonyl (C=O) groups is 2. The summed E-state index contributed by atoms with van der Waals surface area (Å²) in [7, 11) is 0. The molecule has 0 bridgehead atoms. The zero-order chi connectivity index (χ0) is 17.8. The SMILES string of the molecule is CCC(CC)n1ccc(C(=O)N2CCN(C(=O)c3ccco3)CC2)n1. The molecule has 0 atom stereocenters. The fourth-order valence-electron chi connectivity index (χ4n) is 3.15. The number of amides is 2. The van der Waals surface area contributed by atoms with Crippen molar-refractivity contribution in [2.45, 2.75) is 32.7 Å². The molecule has 0 N–H and O–H groups in total. The van der Waals surface area contributed by atoms with Crippen molar-refractivity contribution in [1.82, 2.24) is 19.6 Å². The molecule has 0 radical (unpaired) electrons. The molecule has 0 unspecified atom stereocenters. The summed E-state index contributed by atoms with van der Waals surface area (Å²) in [4.78, 5) is 28.4. The lowest BCUT2D eigenvalue weighted by molar-refractivity contribution is 0.0514. The van der Waals surface area contributed by atoms with Crippen LogP contribution in [0.15, 0.2) is 35.1 Å². The summed E-state index contributed by atoms with van der Waals surface area (Å²) in [6.07, 6.45) is 5.34. The van der Waals surface area contributed by atoms with Crippen LogP contribution in [0.2, 0.25) is 0 Å². The van der Waals surface area contributed by atoms with Crippen molar-refractivity contribution in [2.24, 2.45) is 0 Å². The summed E-state index contributed by atoms with van der Waals surface area (Å²) in [5.74, 6) is 0.133. The highest BCUT2D eigenvalue weighted by molar-refractivity contribution is 5.93. The van der Waals surface area contributed by atoms with Crippen molar-refractivity contribution in [3.8, 4) is 0 Å². The molecule has 1 aliphatic rings. The first-order valence-electron chi connectivity index (χ1n) is 8.81. The molecule has 0 spiro atoms. The molecule has 1 aliphatic heterocycles. The molecule has 2 aromatic rings. The minimum absolute atomic E-state index is 0.0743. The summed E-state index contributed by atoms with van der Waals surface area (Å²) in [6, 6.07) is 5.46. The molecule has 0 aromatic carbocycles. The lowest BCUT2D eigenvalue weighted by Crippen LogP contribution is -2.50. The third-order valence-electron chi connectivity index (χ3n) is 4.73. The summed E-state index contributed by atoms with van der Waals surface area (Å²) in [5.41, 5.74) is 0.470. The fourth-order valence-corrected chi connectivity index (χ4v) is 3.15. The molecule has 2 amide bonds. The summed E-state index contributed by atoms with van der Waals surface area (Å²) < 4.78 is 7.03. The van der Waals surface area contributed by atoms with Gasteiger partial charge in [-0.25, -0.2) is 0 Å². The summed E-state index contributed by atoms with van der Waals surface area (Å²) >= 11 is 0. The van der Waals surface area contributed by atoms with Gasteiger partial charge in [0, 0.05) is 32.4 Å². The molecule has 1 fully saturated rings. The van der Waals surface area contributed by atoms with E-state index in [0.717, 1.165) is 12.8 Å². The Hall–Kier alpha value is -2.57. The highest BCUT2D eigenvalue weighted by atomic mass is 16.3. The number of furan rings is 1. The third kappa shape index (κ3) is 3.60. The monoisotopic (exact) mass is 344 g/mol. The number of hydrogen-bond donors (Lipinski definition) is 0. The second-order valence-corrected chi connectivity index (χ2v) is 6.21. The maximum absolute atomic E-state index is 12.6. The Bertz CT molecular complexity index is 711. The lowest BCUT2D eigenvalue weighted by atomic mass is 10.2. The Morgan fingerprint density at radius 3 is 2.28 bits per heavy atom. The van der Waals surface area contributed by atoms with Crippen LogP contribution in [0.5, 0.6) is 0 Å². The van der Waals surface area contributed by atoms with Gasteiger partial charge in [0.15, 0.2) is 5.76 Å². The molecule has 2 aromatic heterocycles. The van der Waals surface area contributed by atoms with Crippen LogP contribution in [0.4, 0.5) is 0 Å². The Labute approximate surface area is 147 Å². The first kappa shape index (κ1) is 17.3. The van der Waals surface area contributed by atoms with Crippen LogP contribution in [0.1, 0.15) is 53.8 Å². The predicted molar refractivity (Wildman–Crippen MR) is 92.4 cm³/mol. The van der Waals surface area contributed by atoms with Gasteiger partial charge < -0.3 is 14.2 Å². The van der Waals surface area contributed by atoms with Crippen LogP contribution in [0, 0.1) is 0 Å². The highest BCUT2D eigenvalue weighted by Crippen LogP contribution is 2.16. The van der Waals surface area contributed by atoms with Gasteiger partial charge in [-0.2, -0.15) is 5.10 Å². The molecule has 7 heteroatoms. The van der Waals surface area contributed by atoms with Gasteiger partial charge in [0.05, 0.1) is 12.3 Å². The van der Waals surface area contributed by atoms with E-state index >= 15 is 0 Å². The van der Waals surface area contributed by atoms with Gasteiger partial charge in [-0.1, -0.05) is 13.8 Å². The normalized spacial score (nSPS) is 15.0. The molecule has 7 nitrogen and oxygen atoms in total. The largest absolute Gasteiger partial charge is 0.459 e. The Balaban J connectivity index is 1.59. The second kappa shape index (κ2) is 7.55. The molecule has 1 saturated heterocycles. The zero-order valence-corrected chi connectivity index (χ0v) is 14.7. The fraction of sp³-hybridized carbons (Fsp3) is 0.500. The average Bonchev–Trinajstić information content (AvgIpc) is 3.34. The second-order valence-electron chi connectivity index (χ2n) is 6.21. The van der Waals surface area contributed by atoms with Gasteiger partial charge >= 0.3 is 0 Å².